The number of alkyl carbamates (subject to hydrolysis) is 1. The zero-order valence-electron chi connectivity index (χ0n) is 27.5. The first-order valence-corrected chi connectivity index (χ1v) is 16.7. The SMILES string of the molecule is COC(=O)NC1CC(N2C(=O)NCc3cnc4[nH]c(-c5ccc(CN6CCOCC6)cc5)c(-c5ccc6c(cnn6C(C)C)c5)c4c32)C1. The molecule has 48 heavy (non-hydrogen) atoms. The van der Waals surface area contributed by atoms with E-state index in [-0.39, 0.29) is 24.2 Å². The largest absolute Gasteiger partial charge is 0.453 e. The minimum absolute atomic E-state index is 0.0601. The molecule has 248 valence electrons. The van der Waals surface area contributed by atoms with Crippen LogP contribution in [-0.4, -0.2) is 82.3 Å². The molecule has 5 aromatic rings. The van der Waals surface area contributed by atoms with Gasteiger partial charge >= 0.3 is 12.1 Å². The Morgan fingerprint density at radius 3 is 2.60 bits per heavy atom. The molecule has 2 fully saturated rings. The normalized spacial score (nSPS) is 19.8. The van der Waals surface area contributed by atoms with Crippen molar-refractivity contribution in [2.75, 3.05) is 38.3 Å². The zero-order chi connectivity index (χ0) is 32.9. The van der Waals surface area contributed by atoms with Crippen molar-refractivity contribution >= 4 is 39.7 Å². The molecule has 1 aliphatic carbocycles. The fourth-order valence-corrected chi connectivity index (χ4v) is 7.35. The maximum atomic E-state index is 13.6. The van der Waals surface area contributed by atoms with Crippen molar-refractivity contribution in [2.45, 2.75) is 57.9 Å². The molecule has 3 aliphatic rings. The predicted molar refractivity (Wildman–Crippen MR) is 184 cm³/mol. The van der Waals surface area contributed by atoms with Gasteiger partial charge < -0.3 is 25.1 Å². The maximum absolute atomic E-state index is 13.6. The average molecular weight is 649 g/mol. The summed E-state index contributed by atoms with van der Waals surface area (Å²) in [7, 11) is 1.36. The summed E-state index contributed by atoms with van der Waals surface area (Å²) in [6.07, 6.45) is 4.58. The van der Waals surface area contributed by atoms with Gasteiger partial charge in [0.15, 0.2) is 0 Å². The van der Waals surface area contributed by atoms with E-state index in [1.165, 1.54) is 12.7 Å². The molecule has 0 spiro atoms. The van der Waals surface area contributed by atoms with Crippen LogP contribution in [0.5, 0.6) is 0 Å². The lowest BCUT2D eigenvalue weighted by molar-refractivity contribution is 0.0342. The number of hydrogen-bond donors (Lipinski definition) is 3. The van der Waals surface area contributed by atoms with Gasteiger partial charge in [0.25, 0.3) is 0 Å². The molecule has 0 atom stereocenters. The quantitative estimate of drug-likeness (QED) is 0.210. The number of nitrogens with one attached hydrogen (secondary N) is 3. The highest BCUT2D eigenvalue weighted by molar-refractivity contribution is 6.14. The number of anilines is 1. The van der Waals surface area contributed by atoms with Crippen LogP contribution in [0.15, 0.2) is 54.9 Å². The third-order valence-electron chi connectivity index (χ3n) is 9.87. The molecule has 12 nitrogen and oxygen atoms in total. The molecule has 3 amide bonds. The van der Waals surface area contributed by atoms with Gasteiger partial charge in [0, 0.05) is 67.0 Å². The number of nitrogens with zero attached hydrogens (tertiary/aromatic N) is 5. The Labute approximate surface area is 278 Å². The molecule has 1 saturated carbocycles. The summed E-state index contributed by atoms with van der Waals surface area (Å²) in [6, 6.07) is 15.1. The van der Waals surface area contributed by atoms with Gasteiger partial charge in [0.05, 0.1) is 48.8 Å². The Bertz CT molecular complexity index is 2000. The number of fused-ring (bicyclic) bond motifs is 4. The number of morpholine rings is 1. The number of urea groups is 1. The second kappa shape index (κ2) is 12.3. The number of hydrogen-bond acceptors (Lipinski definition) is 7. The molecule has 3 N–H and O–H groups in total. The summed E-state index contributed by atoms with van der Waals surface area (Å²) >= 11 is 0. The molecular weight excluding hydrogens is 608 g/mol. The van der Waals surface area contributed by atoms with Gasteiger partial charge in [-0.2, -0.15) is 5.10 Å². The minimum Gasteiger partial charge on any atom is -0.453 e. The topological polar surface area (TPSA) is 130 Å². The van der Waals surface area contributed by atoms with Crippen LogP contribution in [0.25, 0.3) is 44.3 Å². The Morgan fingerprint density at radius 1 is 1.08 bits per heavy atom. The molecule has 12 heteroatoms. The third-order valence-corrected chi connectivity index (χ3v) is 9.87. The standard InChI is InChI=1S/C36H40N8O4/c1-21(2)44-29-9-8-24(14-25(29)19-39-44)30-31-33-26(18-38-35(45)43(33)28-15-27(16-28)40-36(46)47-3)17-37-34(31)41-32(30)23-6-4-22(5-7-23)20-42-10-12-48-13-11-42/h4-9,14,17,19,21,27-28H,10-13,15-16,18,20H2,1-3H3,(H,37,41)(H,38,45)(H,40,46). The first kappa shape index (κ1) is 30.4. The Morgan fingerprint density at radius 2 is 1.85 bits per heavy atom. The van der Waals surface area contributed by atoms with Gasteiger partial charge in [0.2, 0.25) is 0 Å². The lowest BCUT2D eigenvalue weighted by Gasteiger charge is -2.45. The molecule has 3 aromatic heterocycles. The van der Waals surface area contributed by atoms with E-state index >= 15 is 0 Å². The van der Waals surface area contributed by atoms with Crippen LogP contribution in [0, 0.1) is 0 Å². The van der Waals surface area contributed by atoms with Crippen LogP contribution >= 0.6 is 0 Å². The Hall–Kier alpha value is -4.94. The van der Waals surface area contributed by atoms with Crippen molar-refractivity contribution in [3.63, 3.8) is 0 Å². The zero-order valence-corrected chi connectivity index (χ0v) is 27.5. The van der Waals surface area contributed by atoms with Crippen molar-refractivity contribution in [2.24, 2.45) is 0 Å². The number of H-pyrrole nitrogens is 1. The lowest BCUT2D eigenvalue weighted by Crippen LogP contribution is -2.59. The number of rotatable bonds is 7. The van der Waals surface area contributed by atoms with Gasteiger partial charge in [-0.1, -0.05) is 30.3 Å². The number of amides is 3. The van der Waals surface area contributed by atoms with E-state index in [0.717, 1.165) is 88.4 Å². The summed E-state index contributed by atoms with van der Waals surface area (Å²) in [6.45, 7) is 8.94. The van der Waals surface area contributed by atoms with Gasteiger partial charge in [-0.3, -0.25) is 14.5 Å². The first-order valence-electron chi connectivity index (χ1n) is 16.7. The van der Waals surface area contributed by atoms with Crippen LogP contribution in [0.4, 0.5) is 15.3 Å². The summed E-state index contributed by atoms with van der Waals surface area (Å²) in [5, 5.41) is 12.6. The molecule has 2 aliphatic heterocycles. The van der Waals surface area contributed by atoms with E-state index in [0.29, 0.717) is 19.4 Å². The number of aromatic amines is 1. The fourth-order valence-electron chi connectivity index (χ4n) is 7.35. The summed E-state index contributed by atoms with van der Waals surface area (Å²) in [4.78, 5) is 38.4. The van der Waals surface area contributed by atoms with Crippen LogP contribution in [0.2, 0.25) is 0 Å². The number of pyridine rings is 1. The highest BCUT2D eigenvalue weighted by Crippen LogP contribution is 2.46. The van der Waals surface area contributed by atoms with E-state index < -0.39 is 6.09 Å². The predicted octanol–water partition coefficient (Wildman–Crippen LogP) is 5.58. The summed E-state index contributed by atoms with van der Waals surface area (Å²) in [5.41, 5.74) is 8.86. The highest BCUT2D eigenvalue weighted by atomic mass is 16.5. The van der Waals surface area contributed by atoms with Gasteiger partial charge in [-0.05, 0) is 55.5 Å². The second-order valence-corrected chi connectivity index (χ2v) is 13.3. The smallest absolute Gasteiger partial charge is 0.407 e. The Balaban J connectivity index is 1.26. The van der Waals surface area contributed by atoms with Crippen molar-refractivity contribution < 1.29 is 19.1 Å². The fraction of sp³-hybridized carbons (Fsp3) is 0.389. The maximum Gasteiger partial charge on any atom is 0.407 e. The second-order valence-electron chi connectivity index (χ2n) is 13.3. The molecule has 5 heterocycles. The lowest BCUT2D eigenvalue weighted by atomic mass is 9.84. The number of ether oxygens (including phenoxy) is 2. The minimum atomic E-state index is -0.460. The monoisotopic (exact) mass is 648 g/mol. The van der Waals surface area contributed by atoms with Crippen molar-refractivity contribution in [3.05, 3.63) is 66.0 Å². The number of carbonyl (C=O) groups excluding carboxylic acids is 2. The Kier molecular flexibility index (Phi) is 7.76. The summed E-state index contributed by atoms with van der Waals surface area (Å²) in [5.74, 6) is 0. The molecule has 0 bridgehead atoms. The van der Waals surface area contributed by atoms with Gasteiger partial charge in [-0.25, -0.2) is 14.6 Å². The third kappa shape index (κ3) is 5.34. The highest BCUT2D eigenvalue weighted by Gasteiger charge is 2.41. The van der Waals surface area contributed by atoms with E-state index in [2.05, 4.69) is 81.9 Å². The molecular formula is C36H40N8O4. The number of aromatic nitrogens is 4. The van der Waals surface area contributed by atoms with E-state index in [1.54, 1.807) is 0 Å². The number of carbonyl (C=O) groups is 2. The van der Waals surface area contributed by atoms with E-state index in [4.69, 9.17) is 14.5 Å². The van der Waals surface area contributed by atoms with Crippen LogP contribution in [0.1, 0.15) is 43.9 Å². The molecule has 1 saturated heterocycles. The number of methoxy groups -OCH3 is 1. The van der Waals surface area contributed by atoms with Crippen LogP contribution in [-0.2, 0) is 22.6 Å². The van der Waals surface area contributed by atoms with E-state index in [1.807, 2.05) is 22.0 Å². The molecule has 0 unspecified atom stereocenters. The summed E-state index contributed by atoms with van der Waals surface area (Å²) < 4.78 is 12.4. The van der Waals surface area contributed by atoms with E-state index in [9.17, 15) is 9.59 Å². The van der Waals surface area contributed by atoms with Crippen molar-refractivity contribution in [1.82, 2.24) is 35.3 Å². The average Bonchev–Trinajstić information content (AvgIpc) is 3.69. The van der Waals surface area contributed by atoms with Crippen molar-refractivity contribution in [3.8, 4) is 22.4 Å². The van der Waals surface area contributed by atoms with Gasteiger partial charge in [0.1, 0.15) is 5.65 Å². The van der Waals surface area contributed by atoms with Crippen LogP contribution < -0.4 is 15.5 Å². The van der Waals surface area contributed by atoms with Crippen molar-refractivity contribution in [1.29, 1.82) is 0 Å². The van der Waals surface area contributed by atoms with Gasteiger partial charge in [-0.15, -0.1) is 0 Å². The first-order chi connectivity index (χ1) is 23.4. The molecule has 0 radical (unpaired) electrons. The molecule has 2 aromatic carbocycles. The number of benzene rings is 2. The van der Waals surface area contributed by atoms with Crippen LogP contribution in [0.3, 0.4) is 0 Å². The molecule has 8 rings (SSSR count).